The van der Waals surface area contributed by atoms with Crippen LogP contribution in [0.15, 0.2) is 36.4 Å². The lowest BCUT2D eigenvalue weighted by atomic mass is 10.0. The molecule has 3 aromatic rings. The lowest BCUT2D eigenvalue weighted by molar-refractivity contribution is 0.0726. The first kappa shape index (κ1) is 20.2. The first-order chi connectivity index (χ1) is 14.9. The van der Waals surface area contributed by atoms with Crippen molar-refractivity contribution in [2.24, 2.45) is 0 Å². The van der Waals surface area contributed by atoms with E-state index in [0.717, 1.165) is 43.3 Å². The van der Waals surface area contributed by atoms with Gasteiger partial charge in [-0.3, -0.25) is 4.79 Å². The molecular weight excluding hydrogens is 412 g/mol. The van der Waals surface area contributed by atoms with Crippen LogP contribution < -0.4 is 0 Å². The molecule has 162 valence electrons. The van der Waals surface area contributed by atoms with E-state index in [1.807, 2.05) is 48.2 Å². The molecule has 1 aromatic carbocycles. The summed E-state index contributed by atoms with van der Waals surface area (Å²) in [7, 11) is -3.07. The lowest BCUT2D eigenvalue weighted by Crippen LogP contribution is -2.35. The number of rotatable bonds is 3. The molecule has 5 rings (SSSR count). The Balaban J connectivity index is 1.70. The van der Waals surface area contributed by atoms with Crippen molar-refractivity contribution in [3.63, 3.8) is 0 Å². The van der Waals surface area contributed by atoms with Crippen LogP contribution in [0.2, 0.25) is 0 Å². The Hall–Kier alpha value is -2.74. The summed E-state index contributed by atoms with van der Waals surface area (Å²) in [4.78, 5) is 20.4. The van der Waals surface area contributed by atoms with Crippen molar-refractivity contribution in [2.45, 2.75) is 38.6 Å². The third-order valence-electron chi connectivity index (χ3n) is 6.33. The number of piperidine rings is 1. The molecule has 2 aliphatic heterocycles. The Morgan fingerprint density at radius 2 is 1.84 bits per heavy atom. The van der Waals surface area contributed by atoms with Crippen molar-refractivity contribution in [3.05, 3.63) is 47.7 Å². The molecule has 1 atom stereocenters. The zero-order valence-electron chi connectivity index (χ0n) is 17.6. The Labute approximate surface area is 182 Å². The van der Waals surface area contributed by atoms with Crippen LogP contribution in [0.1, 0.15) is 47.8 Å². The van der Waals surface area contributed by atoms with Crippen molar-refractivity contribution < 1.29 is 13.2 Å². The van der Waals surface area contributed by atoms with Crippen LogP contribution in [0.25, 0.3) is 22.3 Å². The first-order valence-corrected chi connectivity index (χ1v) is 12.7. The number of hydrogen-bond acceptors (Lipinski definition) is 5. The minimum Gasteiger partial charge on any atom is -0.339 e. The van der Waals surface area contributed by atoms with Gasteiger partial charge in [0.05, 0.1) is 39.9 Å². The second-order valence-electron chi connectivity index (χ2n) is 8.56. The summed E-state index contributed by atoms with van der Waals surface area (Å²) in [5, 5.41) is 5.41. The normalized spacial score (nSPS) is 20.9. The van der Waals surface area contributed by atoms with Gasteiger partial charge in [0.1, 0.15) is 0 Å². The molecule has 2 fully saturated rings. The van der Waals surface area contributed by atoms with Crippen LogP contribution in [0.3, 0.4) is 0 Å². The summed E-state index contributed by atoms with van der Waals surface area (Å²) in [5.41, 5.74) is 3.54. The quantitative estimate of drug-likeness (QED) is 0.626. The van der Waals surface area contributed by atoms with Crippen molar-refractivity contribution in [1.82, 2.24) is 19.7 Å². The number of likely N-dealkylation sites (tertiary alicyclic amines) is 1. The Kier molecular flexibility index (Phi) is 5.04. The van der Waals surface area contributed by atoms with Gasteiger partial charge in [0, 0.05) is 18.7 Å². The zero-order chi connectivity index (χ0) is 21.6. The number of amides is 1. The fourth-order valence-corrected chi connectivity index (χ4v) is 6.42. The highest BCUT2D eigenvalue weighted by Crippen LogP contribution is 2.32. The van der Waals surface area contributed by atoms with Gasteiger partial charge >= 0.3 is 0 Å². The summed E-state index contributed by atoms with van der Waals surface area (Å²) >= 11 is 0. The van der Waals surface area contributed by atoms with Crippen LogP contribution in [0.4, 0.5) is 0 Å². The molecule has 0 N–H and O–H groups in total. The van der Waals surface area contributed by atoms with E-state index in [9.17, 15) is 13.2 Å². The van der Waals surface area contributed by atoms with E-state index in [0.29, 0.717) is 29.0 Å². The Bertz CT molecular complexity index is 1240. The second kappa shape index (κ2) is 7.75. The Morgan fingerprint density at radius 3 is 2.52 bits per heavy atom. The third kappa shape index (κ3) is 3.73. The summed E-state index contributed by atoms with van der Waals surface area (Å²) < 4.78 is 26.0. The minimum atomic E-state index is -3.07. The number of aromatic nitrogens is 3. The van der Waals surface area contributed by atoms with Gasteiger partial charge in [-0.05, 0) is 38.7 Å². The van der Waals surface area contributed by atoms with Gasteiger partial charge in [-0.2, -0.15) is 5.10 Å². The van der Waals surface area contributed by atoms with Gasteiger partial charge in [-0.25, -0.2) is 18.1 Å². The molecule has 0 aliphatic carbocycles. The fourth-order valence-electron chi connectivity index (χ4n) is 4.73. The van der Waals surface area contributed by atoms with E-state index in [1.54, 1.807) is 4.68 Å². The highest BCUT2D eigenvalue weighted by atomic mass is 32.2. The van der Waals surface area contributed by atoms with Crippen LogP contribution in [-0.4, -0.2) is 58.6 Å². The van der Waals surface area contributed by atoms with Crippen molar-refractivity contribution in [3.8, 4) is 11.3 Å². The molecule has 2 aliphatic rings. The maximum Gasteiger partial charge on any atom is 0.254 e. The zero-order valence-corrected chi connectivity index (χ0v) is 18.4. The summed E-state index contributed by atoms with van der Waals surface area (Å²) in [6.07, 6.45) is 3.70. The number of pyridine rings is 1. The van der Waals surface area contributed by atoms with Gasteiger partial charge in [0.2, 0.25) is 0 Å². The van der Waals surface area contributed by atoms with E-state index in [-0.39, 0.29) is 23.5 Å². The average Bonchev–Trinajstić information content (AvgIpc) is 3.32. The van der Waals surface area contributed by atoms with Gasteiger partial charge in [0.15, 0.2) is 15.5 Å². The standard InChI is InChI=1S/C23H26N4O3S/c1-16-21-19(23(28)26-11-6-3-7-12-26)14-20(17-8-4-2-5-9-17)24-22(21)27(25-16)18-10-13-31(29,30)15-18/h2,4-5,8-9,14,18H,3,6-7,10-13,15H2,1H3/t18-/m1/s1. The van der Waals surface area contributed by atoms with Crippen LogP contribution >= 0.6 is 0 Å². The van der Waals surface area contributed by atoms with Crippen LogP contribution in [0, 0.1) is 6.92 Å². The molecule has 31 heavy (non-hydrogen) atoms. The van der Waals surface area contributed by atoms with E-state index < -0.39 is 9.84 Å². The predicted octanol–water partition coefficient (Wildman–Crippen LogP) is 3.39. The summed E-state index contributed by atoms with van der Waals surface area (Å²) in [6, 6.07) is 11.4. The van der Waals surface area contributed by atoms with Crippen LogP contribution in [-0.2, 0) is 9.84 Å². The van der Waals surface area contributed by atoms with Crippen LogP contribution in [0.5, 0.6) is 0 Å². The largest absolute Gasteiger partial charge is 0.339 e. The number of benzene rings is 1. The maximum atomic E-state index is 13.5. The molecule has 4 heterocycles. The molecule has 0 radical (unpaired) electrons. The number of aryl methyl sites for hydroxylation is 1. The van der Waals surface area contributed by atoms with E-state index in [2.05, 4.69) is 5.10 Å². The molecule has 0 saturated carbocycles. The average molecular weight is 439 g/mol. The van der Waals surface area contributed by atoms with Gasteiger partial charge in [-0.15, -0.1) is 0 Å². The van der Waals surface area contributed by atoms with Crippen molar-refractivity contribution >= 4 is 26.8 Å². The van der Waals surface area contributed by atoms with Gasteiger partial charge in [-0.1, -0.05) is 30.3 Å². The molecule has 2 aromatic heterocycles. The number of nitrogens with zero attached hydrogens (tertiary/aromatic N) is 4. The maximum absolute atomic E-state index is 13.5. The van der Waals surface area contributed by atoms with Crippen molar-refractivity contribution in [2.75, 3.05) is 24.6 Å². The predicted molar refractivity (Wildman–Crippen MR) is 120 cm³/mol. The minimum absolute atomic E-state index is 0.00553. The number of carbonyl (C=O) groups is 1. The smallest absolute Gasteiger partial charge is 0.254 e. The molecular formula is C23H26N4O3S. The highest BCUT2D eigenvalue weighted by molar-refractivity contribution is 7.91. The molecule has 8 heteroatoms. The second-order valence-corrected chi connectivity index (χ2v) is 10.8. The SMILES string of the molecule is Cc1nn([C@@H]2CCS(=O)(=O)C2)c2nc(-c3ccccc3)cc(C(=O)N3CCCCC3)c12. The molecule has 1 amide bonds. The summed E-state index contributed by atoms with van der Waals surface area (Å²) in [6.45, 7) is 3.40. The van der Waals surface area contributed by atoms with Gasteiger partial charge < -0.3 is 4.90 Å². The molecule has 0 bridgehead atoms. The number of carbonyl (C=O) groups excluding carboxylic acids is 1. The molecule has 0 unspecified atom stereocenters. The first-order valence-electron chi connectivity index (χ1n) is 10.9. The molecule has 2 saturated heterocycles. The van der Waals surface area contributed by atoms with E-state index in [4.69, 9.17) is 4.98 Å². The fraction of sp³-hybridized carbons (Fsp3) is 0.435. The topological polar surface area (TPSA) is 85.2 Å². The molecule has 0 spiro atoms. The monoisotopic (exact) mass is 438 g/mol. The number of sulfone groups is 1. The third-order valence-corrected chi connectivity index (χ3v) is 8.08. The van der Waals surface area contributed by atoms with E-state index >= 15 is 0 Å². The van der Waals surface area contributed by atoms with E-state index in [1.165, 1.54) is 0 Å². The molecule has 7 nitrogen and oxygen atoms in total. The Morgan fingerprint density at radius 1 is 1.10 bits per heavy atom. The number of hydrogen-bond donors (Lipinski definition) is 0. The summed E-state index contributed by atoms with van der Waals surface area (Å²) in [5.74, 6) is 0.234. The van der Waals surface area contributed by atoms with Gasteiger partial charge in [0.25, 0.3) is 5.91 Å². The number of fused-ring (bicyclic) bond motifs is 1. The lowest BCUT2D eigenvalue weighted by Gasteiger charge is -2.27. The van der Waals surface area contributed by atoms with Crippen molar-refractivity contribution in [1.29, 1.82) is 0 Å². The highest BCUT2D eigenvalue weighted by Gasteiger charge is 2.33.